The van der Waals surface area contributed by atoms with Gasteiger partial charge in [-0.1, -0.05) is 24.8 Å². The molecule has 1 fully saturated rings. The monoisotopic (exact) mass is 289 g/mol. The molecule has 1 aliphatic rings. The number of likely N-dealkylation sites (tertiary alicyclic amines) is 1. The molecule has 1 aromatic carbocycles. The highest BCUT2D eigenvalue weighted by molar-refractivity contribution is 5.97. The van der Waals surface area contributed by atoms with Gasteiger partial charge in [0, 0.05) is 18.5 Å². The minimum absolute atomic E-state index is 0.211. The first-order valence-electron chi connectivity index (χ1n) is 6.86. The molecule has 0 radical (unpaired) electrons. The van der Waals surface area contributed by atoms with E-state index < -0.39 is 18.1 Å². The highest BCUT2D eigenvalue weighted by Crippen LogP contribution is 2.21. The number of benzene rings is 1. The van der Waals surface area contributed by atoms with E-state index >= 15 is 0 Å². The van der Waals surface area contributed by atoms with E-state index in [0.29, 0.717) is 18.5 Å². The van der Waals surface area contributed by atoms with Gasteiger partial charge in [-0.3, -0.25) is 4.79 Å². The van der Waals surface area contributed by atoms with Crippen LogP contribution in [0.15, 0.2) is 30.8 Å². The maximum absolute atomic E-state index is 12.5. The maximum atomic E-state index is 12.5. The molecular weight excluding hydrogens is 270 g/mol. The number of piperidine rings is 1. The molecular formula is C16H19NO4. The highest BCUT2D eigenvalue weighted by atomic mass is 16.5. The summed E-state index contributed by atoms with van der Waals surface area (Å²) in [5.41, 5.74) is 1.43. The van der Waals surface area contributed by atoms with Crippen LogP contribution in [0.5, 0.6) is 0 Å². The van der Waals surface area contributed by atoms with Crippen LogP contribution in [-0.4, -0.2) is 47.7 Å². The summed E-state index contributed by atoms with van der Waals surface area (Å²) in [7, 11) is 1.28. The molecule has 0 aliphatic carbocycles. The topological polar surface area (TPSA) is 66.8 Å². The first-order valence-corrected chi connectivity index (χ1v) is 6.86. The lowest BCUT2D eigenvalue weighted by molar-refractivity contribution is -0.148. The molecule has 1 amide bonds. The zero-order valence-electron chi connectivity index (χ0n) is 12.0. The van der Waals surface area contributed by atoms with Gasteiger partial charge in [0.2, 0.25) is 0 Å². The normalized spacial score (nSPS) is 21.7. The van der Waals surface area contributed by atoms with Crippen LogP contribution in [0.3, 0.4) is 0 Å². The fourth-order valence-electron chi connectivity index (χ4n) is 2.48. The summed E-state index contributed by atoms with van der Waals surface area (Å²) in [6.45, 7) is 4.00. The summed E-state index contributed by atoms with van der Waals surface area (Å²) >= 11 is 0. The lowest BCUT2D eigenvalue weighted by atomic mass is 9.98. The molecule has 0 bridgehead atoms. The molecule has 21 heavy (non-hydrogen) atoms. The summed E-state index contributed by atoms with van der Waals surface area (Å²) in [5.74, 6) is -0.724. The molecule has 5 nitrogen and oxygen atoms in total. The number of hydrogen-bond donors (Lipinski definition) is 1. The number of carbonyl (C=O) groups excluding carboxylic acids is 2. The molecule has 0 unspecified atom stereocenters. The summed E-state index contributed by atoms with van der Waals surface area (Å²) in [4.78, 5) is 25.8. The summed E-state index contributed by atoms with van der Waals surface area (Å²) in [6, 6.07) is 6.28. The van der Waals surface area contributed by atoms with Gasteiger partial charge in [0.25, 0.3) is 5.91 Å². The van der Waals surface area contributed by atoms with E-state index in [2.05, 4.69) is 6.58 Å². The van der Waals surface area contributed by atoms with Crippen molar-refractivity contribution in [2.75, 3.05) is 13.7 Å². The third-order valence-corrected chi connectivity index (χ3v) is 3.70. The summed E-state index contributed by atoms with van der Waals surface area (Å²) in [6.07, 6.45) is 1.79. The van der Waals surface area contributed by atoms with E-state index in [1.165, 1.54) is 12.0 Å². The van der Waals surface area contributed by atoms with Gasteiger partial charge < -0.3 is 14.7 Å². The lowest BCUT2D eigenvalue weighted by Gasteiger charge is -2.36. The second-order valence-corrected chi connectivity index (χ2v) is 5.04. The Morgan fingerprint density at radius 1 is 1.38 bits per heavy atom. The number of aliphatic hydroxyl groups is 1. The maximum Gasteiger partial charge on any atom is 0.328 e. The van der Waals surface area contributed by atoms with Crippen LogP contribution in [0, 0.1) is 0 Å². The van der Waals surface area contributed by atoms with E-state index in [1.807, 2.05) is 0 Å². The smallest absolute Gasteiger partial charge is 0.328 e. The van der Waals surface area contributed by atoms with Gasteiger partial charge in [-0.2, -0.15) is 0 Å². The largest absolute Gasteiger partial charge is 0.467 e. The van der Waals surface area contributed by atoms with Gasteiger partial charge >= 0.3 is 5.97 Å². The number of esters is 1. The lowest BCUT2D eigenvalue weighted by Crippen LogP contribution is -2.51. The first-order chi connectivity index (χ1) is 10.1. The molecule has 112 valence electrons. The second kappa shape index (κ2) is 6.54. The fourth-order valence-corrected chi connectivity index (χ4v) is 2.48. The zero-order chi connectivity index (χ0) is 15.4. The minimum Gasteiger partial charge on any atom is -0.467 e. The predicted octanol–water partition coefficient (Wildman–Crippen LogP) is 1.47. The number of nitrogens with zero attached hydrogens (tertiary/aromatic N) is 1. The van der Waals surface area contributed by atoms with Gasteiger partial charge in [-0.15, -0.1) is 0 Å². The highest BCUT2D eigenvalue weighted by Gasteiger charge is 2.36. The molecule has 1 saturated heterocycles. The van der Waals surface area contributed by atoms with E-state index in [-0.39, 0.29) is 12.3 Å². The van der Waals surface area contributed by atoms with Crippen molar-refractivity contribution in [2.24, 2.45) is 0 Å². The summed E-state index contributed by atoms with van der Waals surface area (Å²) in [5, 5.41) is 9.71. The van der Waals surface area contributed by atoms with Crippen LogP contribution in [0.4, 0.5) is 0 Å². The molecule has 5 heteroatoms. The first kappa shape index (κ1) is 15.3. The van der Waals surface area contributed by atoms with Crippen molar-refractivity contribution in [3.05, 3.63) is 42.0 Å². The minimum atomic E-state index is -0.731. The standard InChI is InChI=1S/C16H19NO4/c1-3-11-4-6-12(7-5-11)15(19)17-9-8-13(18)10-14(17)16(20)21-2/h3-7,13-14,18H,1,8-10H2,2H3/t13-,14+/m0/s1. The molecule has 1 aromatic rings. The van der Waals surface area contributed by atoms with Gasteiger partial charge in [0.15, 0.2) is 0 Å². The molecule has 2 rings (SSSR count). The van der Waals surface area contributed by atoms with Crippen LogP contribution in [0.1, 0.15) is 28.8 Å². The van der Waals surface area contributed by atoms with Crippen molar-refractivity contribution in [1.29, 1.82) is 0 Å². The Morgan fingerprint density at radius 3 is 2.62 bits per heavy atom. The molecule has 0 aromatic heterocycles. The Balaban J connectivity index is 2.21. The number of amides is 1. The molecule has 0 spiro atoms. The van der Waals surface area contributed by atoms with E-state index in [4.69, 9.17) is 4.74 Å². The van der Waals surface area contributed by atoms with Gasteiger partial charge in [0.1, 0.15) is 6.04 Å². The van der Waals surface area contributed by atoms with Gasteiger partial charge in [-0.05, 0) is 24.1 Å². The number of ether oxygens (including phenoxy) is 1. The second-order valence-electron chi connectivity index (χ2n) is 5.04. The van der Waals surface area contributed by atoms with Gasteiger partial charge in [0.05, 0.1) is 13.2 Å². The number of carbonyl (C=O) groups is 2. The van der Waals surface area contributed by atoms with Crippen molar-refractivity contribution in [3.8, 4) is 0 Å². The fraction of sp³-hybridized carbons (Fsp3) is 0.375. The van der Waals surface area contributed by atoms with Gasteiger partial charge in [-0.25, -0.2) is 4.79 Å². The van der Waals surface area contributed by atoms with Crippen molar-refractivity contribution >= 4 is 18.0 Å². The predicted molar refractivity (Wildman–Crippen MR) is 78.6 cm³/mol. The molecule has 2 atom stereocenters. The molecule has 0 saturated carbocycles. The Hall–Kier alpha value is -2.14. The van der Waals surface area contributed by atoms with Crippen LogP contribution in [-0.2, 0) is 9.53 Å². The molecule has 1 heterocycles. The van der Waals surface area contributed by atoms with Crippen LogP contribution in [0.25, 0.3) is 6.08 Å². The number of methoxy groups -OCH3 is 1. The number of hydrogen-bond acceptors (Lipinski definition) is 4. The van der Waals surface area contributed by atoms with Crippen molar-refractivity contribution in [3.63, 3.8) is 0 Å². The van der Waals surface area contributed by atoms with Crippen molar-refractivity contribution in [2.45, 2.75) is 25.0 Å². The van der Waals surface area contributed by atoms with Crippen LogP contribution < -0.4 is 0 Å². The van der Waals surface area contributed by atoms with Crippen LogP contribution in [0.2, 0.25) is 0 Å². The third kappa shape index (κ3) is 3.31. The zero-order valence-corrected chi connectivity index (χ0v) is 12.0. The van der Waals surface area contributed by atoms with Crippen molar-refractivity contribution in [1.82, 2.24) is 4.90 Å². The average Bonchev–Trinajstić information content (AvgIpc) is 2.53. The Bertz CT molecular complexity index is 538. The quantitative estimate of drug-likeness (QED) is 0.856. The number of rotatable bonds is 3. The molecule has 1 aliphatic heterocycles. The Kier molecular flexibility index (Phi) is 4.75. The SMILES string of the molecule is C=Cc1ccc(C(=O)N2CC[C@H](O)C[C@@H]2C(=O)OC)cc1. The van der Waals surface area contributed by atoms with E-state index in [0.717, 1.165) is 5.56 Å². The number of aliphatic hydroxyl groups excluding tert-OH is 1. The van der Waals surface area contributed by atoms with Crippen molar-refractivity contribution < 1.29 is 19.4 Å². The third-order valence-electron chi connectivity index (χ3n) is 3.70. The van der Waals surface area contributed by atoms with Crippen LogP contribution >= 0.6 is 0 Å². The average molecular weight is 289 g/mol. The molecule has 1 N–H and O–H groups in total. The van der Waals surface area contributed by atoms with E-state index in [9.17, 15) is 14.7 Å². The Labute approximate surface area is 123 Å². The van der Waals surface area contributed by atoms with E-state index in [1.54, 1.807) is 30.3 Å². The summed E-state index contributed by atoms with van der Waals surface area (Å²) < 4.78 is 4.73. The Morgan fingerprint density at radius 2 is 2.05 bits per heavy atom.